The van der Waals surface area contributed by atoms with E-state index in [0.717, 1.165) is 42.7 Å². The summed E-state index contributed by atoms with van der Waals surface area (Å²) in [6.45, 7) is 6.44. The molecule has 1 heterocycles. The van der Waals surface area contributed by atoms with Crippen LogP contribution in [-0.4, -0.2) is 40.0 Å². The van der Waals surface area contributed by atoms with Crippen molar-refractivity contribution in [1.29, 1.82) is 0 Å². The molecule has 7 nitrogen and oxygen atoms in total. The van der Waals surface area contributed by atoms with Crippen molar-refractivity contribution in [3.63, 3.8) is 0 Å². The minimum Gasteiger partial charge on any atom is -0.372 e. The highest BCUT2D eigenvalue weighted by atomic mass is 16.2. The van der Waals surface area contributed by atoms with Gasteiger partial charge >= 0.3 is 5.91 Å². The topological polar surface area (TPSA) is 75.4 Å². The van der Waals surface area contributed by atoms with Crippen molar-refractivity contribution in [3.8, 4) is 17.1 Å². The van der Waals surface area contributed by atoms with Gasteiger partial charge < -0.3 is 4.90 Å². The smallest absolute Gasteiger partial charge is 0.311 e. The van der Waals surface area contributed by atoms with E-state index in [1.807, 2.05) is 72.8 Å². The van der Waals surface area contributed by atoms with Crippen LogP contribution in [0.2, 0.25) is 0 Å². The highest BCUT2D eigenvalue weighted by Gasteiger charge is 2.18. The minimum atomic E-state index is -0.471. The van der Waals surface area contributed by atoms with Crippen LogP contribution in [-0.2, 0) is 0 Å². The van der Waals surface area contributed by atoms with Gasteiger partial charge in [0.05, 0.1) is 11.9 Å². The van der Waals surface area contributed by atoms with Crippen molar-refractivity contribution in [1.82, 2.24) is 20.2 Å². The lowest BCUT2D eigenvalue weighted by atomic mass is 10.2. The summed E-state index contributed by atoms with van der Waals surface area (Å²) < 4.78 is 1.67. The van der Waals surface area contributed by atoms with Crippen molar-refractivity contribution < 1.29 is 4.79 Å². The fourth-order valence-electron chi connectivity index (χ4n) is 3.83. The monoisotopic (exact) mass is 466 g/mol. The van der Waals surface area contributed by atoms with Gasteiger partial charge in [-0.05, 0) is 42.7 Å². The van der Waals surface area contributed by atoms with Gasteiger partial charge in [-0.25, -0.2) is 15.1 Å². The predicted molar refractivity (Wildman–Crippen MR) is 141 cm³/mol. The number of para-hydroxylation sites is 1. The Bertz CT molecular complexity index is 1190. The highest BCUT2D eigenvalue weighted by molar-refractivity contribution is 5.92. The number of nitrogens with zero attached hydrogens (tertiary/aromatic N) is 5. The number of nitrogens with one attached hydrogen (secondary N) is 1. The molecule has 1 aromatic heterocycles. The predicted octanol–water partition coefficient (Wildman–Crippen LogP) is 5.32. The summed E-state index contributed by atoms with van der Waals surface area (Å²) in [6.07, 6.45) is 3.84. The van der Waals surface area contributed by atoms with E-state index >= 15 is 0 Å². The molecular formula is C28H30N6O. The first-order valence-electron chi connectivity index (χ1n) is 12.0. The van der Waals surface area contributed by atoms with Crippen LogP contribution in [0.1, 0.15) is 42.9 Å². The molecule has 4 aromatic rings. The van der Waals surface area contributed by atoms with Crippen LogP contribution in [0.3, 0.4) is 0 Å². The lowest BCUT2D eigenvalue weighted by molar-refractivity contribution is 0.0945. The van der Waals surface area contributed by atoms with Crippen LogP contribution in [0.25, 0.3) is 17.1 Å². The number of hydrogen-bond acceptors (Lipinski definition) is 5. The van der Waals surface area contributed by atoms with E-state index in [9.17, 15) is 4.79 Å². The zero-order valence-electron chi connectivity index (χ0n) is 20.1. The zero-order chi connectivity index (χ0) is 24.5. The largest absolute Gasteiger partial charge is 0.372 e. The highest BCUT2D eigenvalue weighted by Crippen LogP contribution is 2.21. The van der Waals surface area contributed by atoms with Gasteiger partial charge in [0.2, 0.25) is 5.82 Å². The number of benzene rings is 3. The third-order valence-corrected chi connectivity index (χ3v) is 5.47. The van der Waals surface area contributed by atoms with Gasteiger partial charge in [-0.15, -0.1) is 5.10 Å². The summed E-state index contributed by atoms with van der Waals surface area (Å²) in [4.78, 5) is 19.7. The van der Waals surface area contributed by atoms with Gasteiger partial charge in [0, 0.05) is 24.3 Å². The number of rotatable bonds is 10. The number of hydrazone groups is 1. The van der Waals surface area contributed by atoms with Gasteiger partial charge in [-0.2, -0.15) is 5.10 Å². The van der Waals surface area contributed by atoms with E-state index in [1.54, 1.807) is 10.9 Å². The van der Waals surface area contributed by atoms with Gasteiger partial charge in [0.1, 0.15) is 0 Å². The molecule has 7 heteroatoms. The molecule has 1 N–H and O–H groups in total. The van der Waals surface area contributed by atoms with E-state index in [4.69, 9.17) is 0 Å². The van der Waals surface area contributed by atoms with Crippen LogP contribution in [0.15, 0.2) is 90.0 Å². The number of carbonyl (C=O) groups excluding carboxylic acids is 1. The lowest BCUT2D eigenvalue weighted by Crippen LogP contribution is -2.24. The molecule has 0 aliphatic carbocycles. The quantitative estimate of drug-likeness (QED) is 0.253. The van der Waals surface area contributed by atoms with Crippen LogP contribution < -0.4 is 10.3 Å². The van der Waals surface area contributed by atoms with Gasteiger partial charge in [-0.1, -0.05) is 74.5 Å². The van der Waals surface area contributed by atoms with Crippen molar-refractivity contribution in [2.24, 2.45) is 5.10 Å². The van der Waals surface area contributed by atoms with Crippen LogP contribution in [0.4, 0.5) is 5.69 Å². The van der Waals surface area contributed by atoms with Crippen LogP contribution in [0, 0.1) is 0 Å². The Morgan fingerprint density at radius 1 is 0.914 bits per heavy atom. The summed E-state index contributed by atoms with van der Waals surface area (Å²) in [7, 11) is 0. The maximum absolute atomic E-state index is 12.8. The molecule has 0 aliphatic heterocycles. The molecule has 0 atom stereocenters. The van der Waals surface area contributed by atoms with E-state index in [0.29, 0.717) is 5.82 Å². The molecule has 0 spiro atoms. The second-order valence-corrected chi connectivity index (χ2v) is 8.15. The Kier molecular flexibility index (Phi) is 8.01. The Morgan fingerprint density at radius 3 is 2.17 bits per heavy atom. The second-order valence-electron chi connectivity index (χ2n) is 8.15. The van der Waals surface area contributed by atoms with Crippen LogP contribution in [0.5, 0.6) is 0 Å². The Morgan fingerprint density at radius 2 is 1.54 bits per heavy atom. The van der Waals surface area contributed by atoms with Gasteiger partial charge in [0.15, 0.2) is 5.82 Å². The van der Waals surface area contributed by atoms with E-state index < -0.39 is 5.91 Å². The Balaban J connectivity index is 1.49. The summed E-state index contributed by atoms with van der Waals surface area (Å²) in [5.41, 5.74) is 6.33. The van der Waals surface area contributed by atoms with E-state index in [-0.39, 0.29) is 5.82 Å². The molecule has 0 aliphatic rings. The van der Waals surface area contributed by atoms with E-state index in [2.05, 4.69) is 51.5 Å². The van der Waals surface area contributed by atoms with Gasteiger partial charge in [-0.3, -0.25) is 4.79 Å². The molecule has 1 amide bonds. The molecule has 178 valence electrons. The lowest BCUT2D eigenvalue weighted by Gasteiger charge is -2.23. The van der Waals surface area contributed by atoms with Crippen molar-refractivity contribution in [2.45, 2.75) is 26.7 Å². The van der Waals surface area contributed by atoms with Gasteiger partial charge in [0.25, 0.3) is 0 Å². The minimum absolute atomic E-state index is 0.0509. The Labute approximate surface area is 206 Å². The first-order valence-corrected chi connectivity index (χ1v) is 12.0. The first kappa shape index (κ1) is 23.9. The fourth-order valence-corrected chi connectivity index (χ4v) is 3.83. The third-order valence-electron chi connectivity index (χ3n) is 5.47. The summed E-state index contributed by atoms with van der Waals surface area (Å²) in [5, 5.41) is 8.58. The molecular weight excluding hydrogens is 436 g/mol. The van der Waals surface area contributed by atoms with Crippen molar-refractivity contribution in [3.05, 3.63) is 96.3 Å². The van der Waals surface area contributed by atoms with Crippen molar-refractivity contribution >= 4 is 17.8 Å². The maximum Gasteiger partial charge on any atom is 0.311 e. The number of carbonyl (C=O) groups is 1. The SMILES string of the molecule is CCCN(CCC)c1ccc(/C=N/NC(=O)c2nc(-c3ccccc3)n(-c3ccccc3)n2)cc1. The number of aromatic nitrogens is 3. The molecule has 0 fully saturated rings. The zero-order valence-corrected chi connectivity index (χ0v) is 20.1. The molecule has 3 aromatic carbocycles. The van der Waals surface area contributed by atoms with E-state index in [1.165, 1.54) is 5.69 Å². The summed E-state index contributed by atoms with van der Waals surface area (Å²) in [5.74, 6) is 0.169. The van der Waals surface area contributed by atoms with Crippen LogP contribution >= 0.6 is 0 Å². The second kappa shape index (κ2) is 11.7. The number of amides is 1. The molecule has 0 unspecified atom stereocenters. The third kappa shape index (κ3) is 6.00. The summed E-state index contributed by atoms with van der Waals surface area (Å²) >= 11 is 0. The Hall–Kier alpha value is -4.26. The molecule has 0 radical (unpaired) electrons. The maximum atomic E-state index is 12.8. The molecule has 0 bridgehead atoms. The first-order chi connectivity index (χ1) is 17.2. The van der Waals surface area contributed by atoms with Crippen molar-refractivity contribution in [2.75, 3.05) is 18.0 Å². The molecule has 35 heavy (non-hydrogen) atoms. The standard InChI is InChI=1S/C28H30N6O/c1-3-19-33(20-4-2)24-17-15-22(16-18-24)21-29-31-28(35)26-30-27(23-11-7-5-8-12-23)34(32-26)25-13-9-6-10-14-25/h5-18,21H,3-4,19-20H2,1-2H3,(H,31,35)/b29-21+. The average Bonchev–Trinajstić information content (AvgIpc) is 3.36. The molecule has 0 saturated heterocycles. The average molecular weight is 467 g/mol. The number of hydrogen-bond donors (Lipinski definition) is 1. The summed E-state index contributed by atoms with van der Waals surface area (Å²) in [6, 6.07) is 27.5. The normalized spacial score (nSPS) is 11.0. The fraction of sp³-hybridized carbons (Fsp3) is 0.214. The molecule has 0 saturated carbocycles. The molecule has 4 rings (SSSR count). The number of anilines is 1.